The van der Waals surface area contributed by atoms with E-state index >= 15 is 0 Å². The van der Waals surface area contributed by atoms with Gasteiger partial charge in [0, 0.05) is 16.5 Å². The van der Waals surface area contributed by atoms with E-state index < -0.39 is 0 Å². The van der Waals surface area contributed by atoms with Crippen molar-refractivity contribution in [2.75, 3.05) is 0 Å². The zero-order valence-electron chi connectivity index (χ0n) is 8.77. The van der Waals surface area contributed by atoms with Crippen molar-refractivity contribution in [2.45, 2.75) is 16.4 Å². The topological polar surface area (TPSA) is 56.5 Å². The highest BCUT2D eigenvalue weighted by molar-refractivity contribution is 8.00. The summed E-state index contributed by atoms with van der Waals surface area (Å²) in [6.07, 6.45) is 1.77. The van der Waals surface area contributed by atoms with E-state index in [2.05, 4.69) is 33.5 Å². The second-order valence-electron chi connectivity index (χ2n) is 3.16. The minimum Gasteiger partial charge on any atom is -0.238 e. The van der Waals surface area contributed by atoms with Crippen LogP contribution in [0.25, 0.3) is 5.00 Å². The number of tetrazole rings is 1. The second kappa shape index (κ2) is 4.55. The molecule has 0 aliphatic rings. The lowest BCUT2D eigenvalue weighted by atomic mass is 10.5. The van der Waals surface area contributed by atoms with Crippen molar-refractivity contribution < 1.29 is 0 Å². The quantitative estimate of drug-likeness (QED) is 0.738. The Morgan fingerprint density at radius 3 is 3.00 bits per heavy atom. The Hall–Kier alpha value is -1.25. The first-order valence-corrected chi connectivity index (χ1v) is 7.27. The van der Waals surface area contributed by atoms with Gasteiger partial charge in [0.2, 0.25) is 5.16 Å². The van der Waals surface area contributed by atoms with Gasteiger partial charge in [-0.3, -0.25) is 0 Å². The summed E-state index contributed by atoms with van der Waals surface area (Å²) < 4.78 is 2.68. The normalized spacial score (nSPS) is 10.9. The van der Waals surface area contributed by atoms with E-state index in [0.717, 1.165) is 14.5 Å². The van der Waals surface area contributed by atoms with Gasteiger partial charge in [-0.25, -0.2) is 4.98 Å². The number of thiophene rings is 1. The monoisotopic (exact) mass is 281 g/mol. The fourth-order valence-corrected chi connectivity index (χ4v) is 3.64. The van der Waals surface area contributed by atoms with E-state index in [-0.39, 0.29) is 0 Å². The van der Waals surface area contributed by atoms with Crippen LogP contribution in [0.3, 0.4) is 0 Å². The van der Waals surface area contributed by atoms with Crippen LogP contribution in [0.4, 0.5) is 0 Å². The first kappa shape index (κ1) is 10.9. The maximum Gasteiger partial charge on any atom is 0.221 e. The highest BCUT2D eigenvalue weighted by atomic mass is 32.2. The third kappa shape index (κ3) is 2.24. The summed E-state index contributed by atoms with van der Waals surface area (Å²) in [5.41, 5.74) is 0. The largest absolute Gasteiger partial charge is 0.238 e. The summed E-state index contributed by atoms with van der Waals surface area (Å²) in [5.74, 6) is 0. The summed E-state index contributed by atoms with van der Waals surface area (Å²) >= 11 is 4.71. The number of hydrogen-bond acceptors (Lipinski definition) is 7. The van der Waals surface area contributed by atoms with Crippen molar-refractivity contribution in [1.82, 2.24) is 25.2 Å². The van der Waals surface area contributed by atoms with Crippen molar-refractivity contribution in [2.24, 2.45) is 0 Å². The number of nitrogens with zero attached hydrogens (tertiary/aromatic N) is 5. The van der Waals surface area contributed by atoms with Crippen molar-refractivity contribution >= 4 is 34.4 Å². The fourth-order valence-electron chi connectivity index (χ4n) is 1.26. The molecule has 0 saturated heterocycles. The molecule has 0 unspecified atom stereocenters. The van der Waals surface area contributed by atoms with E-state index in [9.17, 15) is 0 Å². The summed E-state index contributed by atoms with van der Waals surface area (Å²) in [5, 5.41) is 15.4. The molecule has 0 amide bonds. The van der Waals surface area contributed by atoms with Crippen LogP contribution in [0, 0.1) is 6.92 Å². The first-order valence-electron chi connectivity index (χ1n) is 4.75. The Labute approximate surface area is 110 Å². The van der Waals surface area contributed by atoms with Crippen LogP contribution in [0.2, 0.25) is 0 Å². The molecule has 0 aliphatic heterocycles. The van der Waals surface area contributed by atoms with Gasteiger partial charge in [0.05, 0.1) is 0 Å². The number of thiazole rings is 1. The Morgan fingerprint density at radius 1 is 1.35 bits per heavy atom. The summed E-state index contributed by atoms with van der Waals surface area (Å²) in [6.45, 7) is 2.06. The van der Waals surface area contributed by atoms with Crippen LogP contribution in [-0.2, 0) is 0 Å². The molecule has 3 aromatic heterocycles. The lowest BCUT2D eigenvalue weighted by Crippen LogP contribution is -1.95. The summed E-state index contributed by atoms with van der Waals surface area (Å²) in [7, 11) is 0. The fraction of sp³-hybridized carbons (Fsp3) is 0.111. The molecule has 0 atom stereocenters. The second-order valence-corrected chi connectivity index (χ2v) is 6.53. The average Bonchev–Trinajstić information content (AvgIpc) is 2.99. The molecule has 3 aromatic rings. The van der Waals surface area contributed by atoms with Gasteiger partial charge in [-0.05, 0) is 41.2 Å². The van der Waals surface area contributed by atoms with Crippen LogP contribution in [-0.4, -0.2) is 25.2 Å². The van der Waals surface area contributed by atoms with Gasteiger partial charge in [0.15, 0.2) is 4.34 Å². The molecule has 0 saturated carbocycles. The predicted octanol–water partition coefficient (Wildman–Crippen LogP) is 2.64. The first-order chi connectivity index (χ1) is 8.33. The number of aromatic nitrogens is 5. The van der Waals surface area contributed by atoms with Crippen LogP contribution in [0.5, 0.6) is 0 Å². The Morgan fingerprint density at radius 2 is 2.29 bits per heavy atom. The van der Waals surface area contributed by atoms with Crippen LogP contribution in [0.15, 0.2) is 33.2 Å². The zero-order chi connectivity index (χ0) is 11.7. The van der Waals surface area contributed by atoms with E-state index in [1.54, 1.807) is 33.6 Å². The van der Waals surface area contributed by atoms with Crippen molar-refractivity contribution in [3.8, 4) is 5.00 Å². The Balaban J connectivity index is 1.94. The number of aryl methyl sites for hydroxylation is 1. The highest BCUT2D eigenvalue weighted by Crippen LogP contribution is 2.30. The van der Waals surface area contributed by atoms with Crippen molar-refractivity contribution in [3.05, 3.63) is 28.6 Å². The number of rotatable bonds is 3. The van der Waals surface area contributed by atoms with Gasteiger partial charge in [0.25, 0.3) is 0 Å². The minimum atomic E-state index is 0.738. The lowest BCUT2D eigenvalue weighted by molar-refractivity contribution is 0.768. The smallest absolute Gasteiger partial charge is 0.221 e. The third-order valence-electron chi connectivity index (χ3n) is 1.96. The van der Waals surface area contributed by atoms with Crippen LogP contribution < -0.4 is 0 Å². The average molecular weight is 281 g/mol. The van der Waals surface area contributed by atoms with E-state index in [4.69, 9.17) is 0 Å². The molecule has 0 aromatic carbocycles. The van der Waals surface area contributed by atoms with Gasteiger partial charge in [-0.1, -0.05) is 0 Å². The molecule has 3 heterocycles. The van der Waals surface area contributed by atoms with Gasteiger partial charge < -0.3 is 0 Å². The maximum absolute atomic E-state index is 4.21. The molecule has 0 radical (unpaired) electrons. The van der Waals surface area contributed by atoms with Gasteiger partial charge >= 0.3 is 0 Å². The molecule has 8 heteroatoms. The molecule has 0 aliphatic carbocycles. The molecule has 0 fully saturated rings. The lowest BCUT2D eigenvalue weighted by Gasteiger charge is -1.98. The van der Waals surface area contributed by atoms with Crippen LogP contribution >= 0.6 is 34.4 Å². The SMILES string of the molecule is Cc1ccc(-n2nnnc2Sc2nccs2)s1. The predicted molar refractivity (Wildman–Crippen MR) is 68.0 cm³/mol. The molecule has 17 heavy (non-hydrogen) atoms. The van der Waals surface area contributed by atoms with E-state index in [1.807, 2.05) is 11.4 Å². The van der Waals surface area contributed by atoms with Crippen LogP contribution in [0.1, 0.15) is 4.88 Å². The molecule has 86 valence electrons. The molecular weight excluding hydrogens is 274 g/mol. The van der Waals surface area contributed by atoms with Gasteiger partial charge in [-0.15, -0.1) is 27.8 Å². The third-order valence-corrected chi connectivity index (χ3v) is 4.76. The molecule has 3 rings (SSSR count). The Kier molecular flexibility index (Phi) is 2.91. The highest BCUT2D eigenvalue weighted by Gasteiger charge is 2.12. The van der Waals surface area contributed by atoms with Crippen molar-refractivity contribution in [3.63, 3.8) is 0 Å². The molecule has 0 N–H and O–H groups in total. The summed E-state index contributed by atoms with van der Waals surface area (Å²) in [4.78, 5) is 5.44. The Bertz CT molecular complexity index is 612. The van der Waals surface area contributed by atoms with Gasteiger partial charge in [0.1, 0.15) is 5.00 Å². The molecular formula is C9H7N5S3. The minimum absolute atomic E-state index is 0.738. The maximum atomic E-state index is 4.21. The number of hydrogen-bond donors (Lipinski definition) is 0. The van der Waals surface area contributed by atoms with E-state index in [1.165, 1.54) is 16.6 Å². The van der Waals surface area contributed by atoms with E-state index in [0.29, 0.717) is 0 Å². The molecule has 0 bridgehead atoms. The van der Waals surface area contributed by atoms with Crippen molar-refractivity contribution in [1.29, 1.82) is 0 Å². The molecule has 0 spiro atoms. The zero-order valence-corrected chi connectivity index (χ0v) is 11.2. The molecule has 5 nitrogen and oxygen atoms in total. The summed E-state index contributed by atoms with van der Waals surface area (Å²) in [6, 6.07) is 4.07. The van der Waals surface area contributed by atoms with Gasteiger partial charge in [-0.2, -0.15) is 4.68 Å². The standard InChI is InChI=1S/C9H7N5S3/c1-6-2-3-7(16-6)14-8(11-12-13-14)17-9-10-4-5-15-9/h2-5H,1H3.